The molecule has 9 nitrogen and oxygen atoms in total. The molecule has 10 heteroatoms. The molecule has 0 unspecified atom stereocenters. The van der Waals surface area contributed by atoms with Crippen molar-refractivity contribution < 1.29 is 14.3 Å². The first kappa shape index (κ1) is 20.4. The van der Waals surface area contributed by atoms with Crippen LogP contribution < -0.4 is 20.3 Å². The number of anilines is 1. The Labute approximate surface area is 181 Å². The number of ether oxygens (including phenoxy) is 2. The van der Waals surface area contributed by atoms with E-state index in [4.69, 9.17) is 21.1 Å². The van der Waals surface area contributed by atoms with Crippen molar-refractivity contribution in [2.75, 3.05) is 19.5 Å². The summed E-state index contributed by atoms with van der Waals surface area (Å²) in [6.45, 7) is -0.228. The lowest BCUT2D eigenvalue weighted by atomic mass is 10.2. The Hall–Kier alpha value is -3.85. The Morgan fingerprint density at radius 2 is 1.97 bits per heavy atom. The van der Waals surface area contributed by atoms with Crippen LogP contribution >= 0.6 is 11.6 Å². The number of nitrogens with one attached hydrogen (secondary N) is 1. The fraction of sp³-hybridized carbons (Fsp3) is 0.143. The highest BCUT2D eigenvalue weighted by Gasteiger charge is 2.15. The fourth-order valence-corrected chi connectivity index (χ4v) is 3.32. The van der Waals surface area contributed by atoms with Gasteiger partial charge in [0.1, 0.15) is 29.8 Å². The molecule has 0 aliphatic heterocycles. The molecule has 0 atom stereocenters. The number of rotatable bonds is 6. The van der Waals surface area contributed by atoms with Crippen LogP contribution in [0.4, 0.5) is 5.69 Å². The molecular weight excluding hydrogens is 422 g/mol. The van der Waals surface area contributed by atoms with Crippen LogP contribution in [-0.2, 0) is 11.3 Å². The molecule has 4 rings (SSSR count). The van der Waals surface area contributed by atoms with Gasteiger partial charge in [0, 0.05) is 6.07 Å². The first-order valence-corrected chi connectivity index (χ1v) is 9.59. The van der Waals surface area contributed by atoms with Crippen molar-refractivity contribution >= 4 is 34.2 Å². The van der Waals surface area contributed by atoms with Crippen LogP contribution in [0.3, 0.4) is 0 Å². The van der Waals surface area contributed by atoms with Crippen molar-refractivity contribution in [1.29, 1.82) is 0 Å². The van der Waals surface area contributed by atoms with E-state index in [0.717, 1.165) is 0 Å². The van der Waals surface area contributed by atoms with Crippen molar-refractivity contribution in [3.8, 4) is 17.2 Å². The molecule has 2 heterocycles. The van der Waals surface area contributed by atoms with Gasteiger partial charge in [-0.25, -0.2) is 9.67 Å². The van der Waals surface area contributed by atoms with Gasteiger partial charge >= 0.3 is 0 Å². The van der Waals surface area contributed by atoms with Gasteiger partial charge in [-0.2, -0.15) is 5.10 Å². The molecule has 0 saturated carbocycles. The molecule has 1 N–H and O–H groups in total. The summed E-state index contributed by atoms with van der Waals surface area (Å²) in [7, 11) is 3.03. The summed E-state index contributed by atoms with van der Waals surface area (Å²) in [6.07, 6.45) is 2.72. The molecule has 2 aromatic heterocycles. The minimum absolute atomic E-state index is 0.228. The van der Waals surface area contributed by atoms with E-state index in [-0.39, 0.29) is 17.5 Å². The van der Waals surface area contributed by atoms with Crippen molar-refractivity contribution in [2.24, 2.45) is 0 Å². The molecule has 0 bridgehead atoms. The normalized spacial score (nSPS) is 10.8. The Morgan fingerprint density at radius 3 is 2.71 bits per heavy atom. The van der Waals surface area contributed by atoms with Crippen molar-refractivity contribution in [3.05, 3.63) is 70.4 Å². The summed E-state index contributed by atoms with van der Waals surface area (Å²) in [4.78, 5) is 29.7. The average molecular weight is 440 g/mol. The second-order valence-electron chi connectivity index (χ2n) is 6.54. The number of hydrogen-bond donors (Lipinski definition) is 1. The molecule has 0 fully saturated rings. The number of fused-ring (bicyclic) bond motifs is 1. The number of para-hydroxylation sites is 1. The first-order valence-electron chi connectivity index (χ1n) is 9.21. The molecule has 0 radical (unpaired) electrons. The summed E-state index contributed by atoms with van der Waals surface area (Å²) >= 11 is 6.23. The third-order valence-corrected chi connectivity index (χ3v) is 4.95. The van der Waals surface area contributed by atoms with Gasteiger partial charge in [-0.05, 0) is 24.3 Å². The highest BCUT2D eigenvalue weighted by atomic mass is 35.5. The zero-order valence-corrected chi connectivity index (χ0v) is 17.5. The zero-order chi connectivity index (χ0) is 22.0. The van der Waals surface area contributed by atoms with E-state index in [0.29, 0.717) is 33.5 Å². The number of amides is 1. The minimum Gasteiger partial charge on any atom is -0.497 e. The number of methoxy groups -OCH3 is 2. The molecule has 0 aliphatic rings. The molecule has 158 valence electrons. The maximum atomic E-state index is 12.9. The van der Waals surface area contributed by atoms with Crippen LogP contribution in [0.15, 0.2) is 59.8 Å². The quantitative estimate of drug-likeness (QED) is 0.496. The molecule has 1 amide bonds. The second-order valence-corrected chi connectivity index (χ2v) is 6.94. The van der Waals surface area contributed by atoms with E-state index in [1.54, 1.807) is 36.4 Å². The summed E-state index contributed by atoms with van der Waals surface area (Å²) in [5.74, 6) is 0.621. The largest absolute Gasteiger partial charge is 0.497 e. The van der Waals surface area contributed by atoms with E-state index in [2.05, 4.69) is 15.4 Å². The lowest BCUT2D eigenvalue weighted by molar-refractivity contribution is -0.116. The maximum Gasteiger partial charge on any atom is 0.264 e. The third kappa shape index (κ3) is 3.95. The predicted molar refractivity (Wildman–Crippen MR) is 116 cm³/mol. The number of hydrogen-bond acceptors (Lipinski definition) is 6. The van der Waals surface area contributed by atoms with Crippen LogP contribution in [0.5, 0.6) is 11.5 Å². The molecule has 4 aromatic rings. The standard InChI is InChI=1S/C21H18ClN5O4/c1-30-13-7-8-16(18(9-13)31-2)25-19(28)11-26-12-23-20-14(21(26)29)10-24-27(20)17-6-4-3-5-15(17)22/h3-10,12H,11H2,1-2H3,(H,25,28). The van der Waals surface area contributed by atoms with Crippen molar-refractivity contribution in [3.63, 3.8) is 0 Å². The second kappa shape index (κ2) is 8.49. The lowest BCUT2D eigenvalue weighted by Gasteiger charge is -2.12. The molecule has 0 saturated heterocycles. The molecule has 0 aliphatic carbocycles. The first-order chi connectivity index (χ1) is 15.0. The van der Waals surface area contributed by atoms with Crippen LogP contribution in [-0.4, -0.2) is 39.5 Å². The summed E-state index contributed by atoms with van der Waals surface area (Å²) in [5.41, 5.74) is 1.03. The summed E-state index contributed by atoms with van der Waals surface area (Å²) in [6, 6.07) is 12.1. The zero-order valence-electron chi connectivity index (χ0n) is 16.7. The molecular formula is C21H18ClN5O4. The Morgan fingerprint density at radius 1 is 1.16 bits per heavy atom. The van der Waals surface area contributed by atoms with Crippen LogP contribution in [0.1, 0.15) is 0 Å². The topological polar surface area (TPSA) is 100 Å². The Balaban J connectivity index is 1.60. The van der Waals surface area contributed by atoms with E-state index in [9.17, 15) is 9.59 Å². The summed E-state index contributed by atoms with van der Waals surface area (Å²) in [5, 5.41) is 7.72. The van der Waals surface area contributed by atoms with Gasteiger partial charge in [0.05, 0.1) is 36.8 Å². The summed E-state index contributed by atoms with van der Waals surface area (Å²) < 4.78 is 13.1. The maximum absolute atomic E-state index is 12.9. The van der Waals surface area contributed by atoms with Crippen LogP contribution in [0.2, 0.25) is 5.02 Å². The number of carbonyl (C=O) groups is 1. The third-order valence-electron chi connectivity index (χ3n) is 4.63. The van der Waals surface area contributed by atoms with Crippen molar-refractivity contribution in [2.45, 2.75) is 6.54 Å². The molecule has 0 spiro atoms. The van der Waals surface area contributed by atoms with Crippen molar-refractivity contribution in [1.82, 2.24) is 19.3 Å². The minimum atomic E-state index is -0.412. The van der Waals surface area contributed by atoms with E-state index in [1.165, 1.54) is 36.0 Å². The van der Waals surface area contributed by atoms with Gasteiger partial charge < -0.3 is 14.8 Å². The number of aromatic nitrogens is 4. The SMILES string of the molecule is COc1ccc(NC(=O)Cn2cnc3c(cnn3-c3ccccc3Cl)c2=O)c(OC)c1. The highest BCUT2D eigenvalue weighted by Crippen LogP contribution is 2.29. The average Bonchev–Trinajstić information content (AvgIpc) is 3.21. The number of benzene rings is 2. The number of carbonyl (C=O) groups excluding carboxylic acids is 1. The van der Waals surface area contributed by atoms with Gasteiger partial charge in [-0.3, -0.25) is 14.2 Å². The van der Waals surface area contributed by atoms with Gasteiger partial charge in [-0.1, -0.05) is 23.7 Å². The molecule has 31 heavy (non-hydrogen) atoms. The number of halogens is 1. The van der Waals surface area contributed by atoms with E-state index >= 15 is 0 Å². The Bertz CT molecular complexity index is 1330. The predicted octanol–water partition coefficient (Wildman–Crippen LogP) is 2.89. The van der Waals surface area contributed by atoms with Gasteiger partial charge in [0.15, 0.2) is 5.65 Å². The highest BCUT2D eigenvalue weighted by molar-refractivity contribution is 6.32. The van der Waals surface area contributed by atoms with Gasteiger partial charge in [0.2, 0.25) is 5.91 Å². The smallest absolute Gasteiger partial charge is 0.264 e. The molecule has 2 aromatic carbocycles. The Kier molecular flexibility index (Phi) is 5.59. The van der Waals surface area contributed by atoms with E-state index < -0.39 is 5.91 Å². The van der Waals surface area contributed by atoms with Gasteiger partial charge in [-0.15, -0.1) is 0 Å². The van der Waals surface area contributed by atoms with Gasteiger partial charge in [0.25, 0.3) is 5.56 Å². The number of nitrogens with zero attached hydrogens (tertiary/aromatic N) is 4. The lowest BCUT2D eigenvalue weighted by Crippen LogP contribution is -2.28. The van der Waals surface area contributed by atoms with Crippen LogP contribution in [0.25, 0.3) is 16.7 Å². The monoisotopic (exact) mass is 439 g/mol. The van der Waals surface area contributed by atoms with E-state index in [1.807, 2.05) is 6.07 Å². The fourth-order valence-electron chi connectivity index (χ4n) is 3.11. The van der Waals surface area contributed by atoms with Crippen LogP contribution in [0, 0.1) is 0 Å².